The van der Waals surface area contributed by atoms with Crippen molar-refractivity contribution in [1.82, 2.24) is 0 Å². The molecule has 0 radical (unpaired) electrons. The molecule has 0 saturated carbocycles. The average Bonchev–Trinajstić information content (AvgIpc) is 2.47. The van der Waals surface area contributed by atoms with E-state index in [1.165, 1.54) is 0 Å². The number of nitro benzene ring substituents is 2. The Morgan fingerprint density at radius 2 is 1.57 bits per heavy atom. The van der Waals surface area contributed by atoms with Crippen LogP contribution in [0.25, 0.3) is 0 Å². The lowest BCUT2D eigenvalue weighted by Crippen LogP contribution is -2.13. The first kappa shape index (κ1) is 16.5. The van der Waals surface area contributed by atoms with Crippen LogP contribution < -0.4 is 0 Å². The highest BCUT2D eigenvalue weighted by Crippen LogP contribution is 2.23. The van der Waals surface area contributed by atoms with Crippen LogP contribution in [-0.2, 0) is 4.74 Å². The van der Waals surface area contributed by atoms with Gasteiger partial charge in [0.1, 0.15) is 0 Å². The number of hydrogen-bond acceptors (Lipinski definition) is 6. The van der Waals surface area contributed by atoms with E-state index in [0.717, 1.165) is 31.0 Å². The fourth-order valence-corrected chi connectivity index (χ4v) is 1.73. The summed E-state index contributed by atoms with van der Waals surface area (Å²) in [6.45, 7) is 4.10. The fourth-order valence-electron chi connectivity index (χ4n) is 1.73. The zero-order valence-electron chi connectivity index (χ0n) is 11.8. The number of carbonyl (C=O) groups excluding carboxylic acids is 1. The van der Waals surface area contributed by atoms with E-state index < -0.39 is 27.2 Å². The second-order valence-electron chi connectivity index (χ2n) is 4.53. The lowest BCUT2D eigenvalue weighted by Gasteiger charge is -2.12. The normalized spacial score (nSPS) is 10.4. The Labute approximate surface area is 121 Å². The van der Waals surface area contributed by atoms with Crippen LogP contribution in [0.3, 0.4) is 0 Å². The van der Waals surface area contributed by atoms with Crippen molar-refractivity contribution < 1.29 is 19.4 Å². The number of nitro groups is 2. The van der Waals surface area contributed by atoms with Crippen molar-refractivity contribution in [2.75, 3.05) is 6.61 Å². The van der Waals surface area contributed by atoms with Gasteiger partial charge in [0.25, 0.3) is 11.4 Å². The third-order valence-electron chi connectivity index (χ3n) is 3.16. The predicted octanol–water partition coefficient (Wildman–Crippen LogP) is 3.10. The molecule has 21 heavy (non-hydrogen) atoms. The number of non-ortho nitro benzene ring substituents is 2. The van der Waals surface area contributed by atoms with Gasteiger partial charge in [0.2, 0.25) is 0 Å². The summed E-state index contributed by atoms with van der Waals surface area (Å²) in [6, 6.07) is 2.75. The molecule has 0 aliphatic carbocycles. The van der Waals surface area contributed by atoms with Gasteiger partial charge in [-0.1, -0.05) is 26.7 Å². The molecule has 0 N–H and O–H groups in total. The van der Waals surface area contributed by atoms with Gasteiger partial charge in [-0.3, -0.25) is 20.2 Å². The number of benzene rings is 1. The number of carbonyl (C=O) groups is 1. The van der Waals surface area contributed by atoms with Crippen molar-refractivity contribution in [3.63, 3.8) is 0 Å². The molecule has 0 aromatic heterocycles. The Bertz CT molecular complexity index is 521. The summed E-state index contributed by atoms with van der Waals surface area (Å²) >= 11 is 0. The summed E-state index contributed by atoms with van der Waals surface area (Å²) in [7, 11) is 0. The van der Waals surface area contributed by atoms with Crippen LogP contribution in [0.5, 0.6) is 0 Å². The van der Waals surface area contributed by atoms with E-state index >= 15 is 0 Å². The first-order valence-electron chi connectivity index (χ1n) is 6.50. The van der Waals surface area contributed by atoms with Crippen molar-refractivity contribution in [3.05, 3.63) is 44.0 Å². The zero-order chi connectivity index (χ0) is 16.0. The molecule has 0 heterocycles. The Kier molecular flexibility index (Phi) is 5.77. The predicted molar refractivity (Wildman–Crippen MR) is 74.1 cm³/mol. The molecule has 0 atom stereocenters. The Morgan fingerprint density at radius 3 is 1.95 bits per heavy atom. The number of hydrogen-bond donors (Lipinski definition) is 0. The molecule has 0 aliphatic rings. The molecule has 1 aromatic carbocycles. The van der Waals surface area contributed by atoms with Crippen LogP contribution in [0.4, 0.5) is 11.4 Å². The van der Waals surface area contributed by atoms with E-state index in [0.29, 0.717) is 0 Å². The molecule has 0 fully saturated rings. The molecule has 0 amide bonds. The first-order valence-corrected chi connectivity index (χ1v) is 6.50. The molecule has 1 rings (SSSR count). The lowest BCUT2D eigenvalue weighted by atomic mass is 10.1. The van der Waals surface area contributed by atoms with Crippen molar-refractivity contribution in [2.45, 2.75) is 26.7 Å². The monoisotopic (exact) mass is 296 g/mol. The van der Waals surface area contributed by atoms with Gasteiger partial charge in [0.15, 0.2) is 0 Å². The maximum Gasteiger partial charge on any atom is 0.338 e. The highest BCUT2D eigenvalue weighted by molar-refractivity contribution is 5.91. The van der Waals surface area contributed by atoms with Crippen LogP contribution in [0, 0.1) is 26.1 Å². The molecule has 0 bridgehead atoms. The first-order chi connectivity index (χ1) is 9.88. The summed E-state index contributed by atoms with van der Waals surface area (Å²) in [5.41, 5.74) is -1.22. The molecule has 0 spiro atoms. The Hall–Kier alpha value is -2.51. The standard InChI is InChI=1S/C13H16N2O6/c1-3-9(4-2)8-21-13(16)10-5-11(14(17)18)7-12(6-10)15(19)20/h5-7,9H,3-4,8H2,1-2H3. The number of ether oxygens (including phenoxy) is 1. The maximum atomic E-state index is 11.9. The minimum Gasteiger partial charge on any atom is -0.462 e. The average molecular weight is 296 g/mol. The van der Waals surface area contributed by atoms with Gasteiger partial charge in [0, 0.05) is 12.1 Å². The topological polar surface area (TPSA) is 113 Å². The molecule has 0 unspecified atom stereocenters. The van der Waals surface area contributed by atoms with Crippen LogP contribution in [0.15, 0.2) is 18.2 Å². The summed E-state index contributed by atoms with van der Waals surface area (Å²) in [6.07, 6.45) is 1.66. The number of nitrogens with zero attached hydrogens (tertiary/aromatic N) is 2. The van der Waals surface area contributed by atoms with Crippen LogP contribution >= 0.6 is 0 Å². The highest BCUT2D eigenvalue weighted by atomic mass is 16.6. The second kappa shape index (κ2) is 7.32. The molecule has 0 aliphatic heterocycles. The summed E-state index contributed by atoms with van der Waals surface area (Å²) in [4.78, 5) is 31.8. The van der Waals surface area contributed by atoms with E-state index in [1.54, 1.807) is 0 Å². The van der Waals surface area contributed by atoms with Gasteiger partial charge in [-0.25, -0.2) is 4.79 Å². The Morgan fingerprint density at radius 1 is 1.10 bits per heavy atom. The third-order valence-corrected chi connectivity index (χ3v) is 3.16. The van der Waals surface area contributed by atoms with Gasteiger partial charge in [-0.05, 0) is 5.92 Å². The Balaban J connectivity index is 2.97. The molecule has 114 valence electrons. The minimum absolute atomic E-state index is 0.183. The molecule has 8 heteroatoms. The van der Waals surface area contributed by atoms with Gasteiger partial charge >= 0.3 is 5.97 Å². The van der Waals surface area contributed by atoms with E-state index in [4.69, 9.17) is 4.74 Å². The molecular weight excluding hydrogens is 280 g/mol. The summed E-state index contributed by atoms with van der Waals surface area (Å²) < 4.78 is 5.06. The minimum atomic E-state index is -0.797. The van der Waals surface area contributed by atoms with Gasteiger partial charge < -0.3 is 4.74 Å². The zero-order valence-corrected chi connectivity index (χ0v) is 11.8. The van der Waals surface area contributed by atoms with Crippen molar-refractivity contribution in [1.29, 1.82) is 0 Å². The molecule has 1 aromatic rings. The largest absolute Gasteiger partial charge is 0.462 e. The lowest BCUT2D eigenvalue weighted by molar-refractivity contribution is -0.394. The third kappa shape index (κ3) is 4.51. The molecule has 8 nitrogen and oxygen atoms in total. The molecular formula is C13H16N2O6. The maximum absolute atomic E-state index is 11.9. The fraction of sp³-hybridized carbons (Fsp3) is 0.462. The van der Waals surface area contributed by atoms with Crippen LogP contribution in [0.2, 0.25) is 0 Å². The highest BCUT2D eigenvalue weighted by Gasteiger charge is 2.21. The van der Waals surface area contributed by atoms with Crippen LogP contribution in [0.1, 0.15) is 37.0 Å². The summed E-state index contributed by atoms with van der Waals surface area (Å²) in [5, 5.41) is 21.5. The van der Waals surface area contributed by atoms with Gasteiger partial charge in [-0.2, -0.15) is 0 Å². The van der Waals surface area contributed by atoms with E-state index in [-0.39, 0.29) is 18.1 Å². The van der Waals surface area contributed by atoms with E-state index in [1.807, 2.05) is 13.8 Å². The second-order valence-corrected chi connectivity index (χ2v) is 4.53. The quantitative estimate of drug-likeness (QED) is 0.434. The summed E-state index contributed by atoms with van der Waals surface area (Å²) in [5.74, 6) is -0.601. The van der Waals surface area contributed by atoms with Crippen molar-refractivity contribution in [2.24, 2.45) is 5.92 Å². The van der Waals surface area contributed by atoms with Crippen LogP contribution in [-0.4, -0.2) is 22.4 Å². The van der Waals surface area contributed by atoms with E-state index in [2.05, 4.69) is 0 Å². The molecule has 0 saturated heterocycles. The van der Waals surface area contributed by atoms with Crippen molar-refractivity contribution in [3.8, 4) is 0 Å². The van der Waals surface area contributed by atoms with E-state index in [9.17, 15) is 25.0 Å². The smallest absolute Gasteiger partial charge is 0.338 e. The number of rotatable bonds is 7. The van der Waals surface area contributed by atoms with Gasteiger partial charge in [0.05, 0.1) is 28.1 Å². The van der Waals surface area contributed by atoms with Gasteiger partial charge in [-0.15, -0.1) is 0 Å². The number of esters is 1. The van der Waals surface area contributed by atoms with Crippen molar-refractivity contribution >= 4 is 17.3 Å². The SMILES string of the molecule is CCC(CC)COC(=O)c1cc([N+](=O)[O-])cc([N+](=O)[O-])c1.